The molecule has 1 aliphatic heterocycles. The van der Waals surface area contributed by atoms with Gasteiger partial charge in [0.25, 0.3) is 5.56 Å². The van der Waals surface area contributed by atoms with Crippen molar-refractivity contribution in [1.82, 2.24) is 15.2 Å². The molecule has 4 rings (SSSR count). The van der Waals surface area contributed by atoms with Crippen molar-refractivity contribution in [3.05, 3.63) is 63.9 Å². The molecule has 8 nitrogen and oxygen atoms in total. The zero-order valence-electron chi connectivity index (χ0n) is 16.6. The van der Waals surface area contributed by atoms with Crippen molar-refractivity contribution in [2.45, 2.75) is 19.4 Å². The van der Waals surface area contributed by atoms with Gasteiger partial charge in [0.15, 0.2) is 0 Å². The molecule has 0 radical (unpaired) electrons. The molecule has 1 aliphatic rings. The van der Waals surface area contributed by atoms with Gasteiger partial charge >= 0.3 is 0 Å². The molecule has 1 amide bonds. The second-order valence-electron chi connectivity index (χ2n) is 7.13. The monoisotopic (exact) mass is 443 g/mol. The van der Waals surface area contributed by atoms with Crippen molar-refractivity contribution in [3.8, 4) is 17.0 Å². The predicted octanol–water partition coefficient (Wildman–Crippen LogP) is 3.24. The number of aromatic amines is 1. The number of aromatic nitrogens is 3. The number of carbonyl (C=O) groups excluding carboxylic acids is 1. The van der Waals surface area contributed by atoms with E-state index in [9.17, 15) is 14.0 Å². The van der Waals surface area contributed by atoms with Crippen molar-refractivity contribution >= 4 is 28.9 Å². The van der Waals surface area contributed by atoms with Crippen molar-refractivity contribution in [3.63, 3.8) is 0 Å². The summed E-state index contributed by atoms with van der Waals surface area (Å²) in [5.41, 5.74) is 1.48. The van der Waals surface area contributed by atoms with Crippen LogP contribution in [0.25, 0.3) is 11.1 Å². The zero-order valence-corrected chi connectivity index (χ0v) is 17.3. The van der Waals surface area contributed by atoms with Gasteiger partial charge in [-0.1, -0.05) is 11.6 Å². The number of nitrogens with zero attached hydrogens (tertiary/aromatic N) is 3. The normalized spacial score (nSPS) is 15.7. The largest absolute Gasteiger partial charge is 0.472 e. The fraction of sp³-hybridized carbons (Fsp3) is 0.238. The maximum absolute atomic E-state index is 14.6. The number of ether oxygens (including phenoxy) is 1. The lowest BCUT2D eigenvalue weighted by Gasteiger charge is -2.19. The number of H-pyrrole nitrogens is 1. The van der Waals surface area contributed by atoms with E-state index in [4.69, 9.17) is 16.3 Å². The minimum absolute atomic E-state index is 0.0916. The van der Waals surface area contributed by atoms with Crippen LogP contribution in [0.3, 0.4) is 0 Å². The number of halogens is 2. The fourth-order valence-corrected chi connectivity index (χ4v) is 3.69. The van der Waals surface area contributed by atoms with Crippen LogP contribution in [0.4, 0.5) is 15.8 Å². The quantitative estimate of drug-likeness (QED) is 0.628. The van der Waals surface area contributed by atoms with Crippen LogP contribution in [0.5, 0.6) is 5.88 Å². The van der Waals surface area contributed by atoms with Crippen molar-refractivity contribution in [1.29, 1.82) is 0 Å². The van der Waals surface area contributed by atoms with E-state index in [0.29, 0.717) is 47.9 Å². The highest BCUT2D eigenvalue weighted by molar-refractivity contribution is 6.33. The maximum atomic E-state index is 14.6. The van der Waals surface area contributed by atoms with Gasteiger partial charge in [0.2, 0.25) is 11.8 Å². The number of pyridine rings is 1. The molecule has 2 N–H and O–H groups in total. The molecule has 10 heteroatoms. The number of carbonyl (C=O) groups is 1. The van der Waals surface area contributed by atoms with E-state index in [1.54, 1.807) is 30.5 Å². The van der Waals surface area contributed by atoms with Gasteiger partial charge < -0.3 is 15.0 Å². The summed E-state index contributed by atoms with van der Waals surface area (Å²) in [4.78, 5) is 29.0. The third-order valence-corrected chi connectivity index (χ3v) is 5.25. The van der Waals surface area contributed by atoms with E-state index in [1.165, 1.54) is 19.2 Å². The lowest BCUT2D eigenvalue weighted by Crippen LogP contribution is -2.26. The van der Waals surface area contributed by atoms with Gasteiger partial charge in [-0.3, -0.25) is 9.59 Å². The Hall–Kier alpha value is -3.46. The number of hydrogen-bond donors (Lipinski definition) is 2. The van der Waals surface area contributed by atoms with Crippen LogP contribution in [-0.2, 0) is 4.79 Å². The first-order valence-electron chi connectivity index (χ1n) is 9.59. The summed E-state index contributed by atoms with van der Waals surface area (Å²) in [5.74, 6) is -0.369. The summed E-state index contributed by atoms with van der Waals surface area (Å²) in [6.45, 7) is 2.52. The lowest BCUT2D eigenvalue weighted by molar-refractivity contribution is -0.114. The topological polar surface area (TPSA) is 100 Å². The number of hydrogen-bond acceptors (Lipinski definition) is 6. The highest BCUT2D eigenvalue weighted by Crippen LogP contribution is 2.29. The molecule has 2 aromatic heterocycles. The second kappa shape index (κ2) is 8.73. The first kappa shape index (κ1) is 20.8. The molecule has 160 valence electrons. The Morgan fingerprint density at radius 3 is 2.97 bits per heavy atom. The Morgan fingerprint density at radius 1 is 1.35 bits per heavy atom. The zero-order chi connectivity index (χ0) is 22.0. The molecule has 0 bridgehead atoms. The molecule has 0 spiro atoms. The van der Waals surface area contributed by atoms with Crippen molar-refractivity contribution < 1.29 is 13.9 Å². The van der Waals surface area contributed by atoms with Gasteiger partial charge in [0.05, 0.1) is 18.4 Å². The van der Waals surface area contributed by atoms with Crippen LogP contribution in [0.1, 0.15) is 13.3 Å². The number of rotatable bonds is 5. The first-order chi connectivity index (χ1) is 14.9. The third-order valence-electron chi connectivity index (χ3n) is 4.89. The molecule has 1 atom stereocenters. The predicted molar refractivity (Wildman–Crippen MR) is 115 cm³/mol. The van der Waals surface area contributed by atoms with Crippen LogP contribution in [0, 0.1) is 5.82 Å². The standard InChI is InChI=1S/C21H19ClFN5O3/c1-12(29)26-14-2-3-16(17(23)9-14)13-4-6-24-19(8-13)31-15-5-7-28(11-15)18-10-25-27-21(30)20(18)22/h2-4,6,8-10,15H,5,7,11H2,1H3,(H,26,29)(H,27,30)/t15-/m1/s1. The van der Waals surface area contributed by atoms with Crippen LogP contribution in [0.2, 0.25) is 5.02 Å². The minimum Gasteiger partial charge on any atom is -0.472 e. The summed E-state index contributed by atoms with van der Waals surface area (Å²) in [7, 11) is 0. The van der Waals surface area contributed by atoms with Crippen molar-refractivity contribution in [2.75, 3.05) is 23.3 Å². The summed E-state index contributed by atoms with van der Waals surface area (Å²) >= 11 is 6.09. The molecular formula is C21H19ClFN5O3. The number of benzene rings is 1. The van der Waals surface area contributed by atoms with Gasteiger partial charge in [-0.15, -0.1) is 0 Å². The highest BCUT2D eigenvalue weighted by Gasteiger charge is 2.27. The summed E-state index contributed by atoms with van der Waals surface area (Å²) in [6.07, 6.45) is 3.59. The molecular weight excluding hydrogens is 425 g/mol. The number of anilines is 2. The SMILES string of the molecule is CC(=O)Nc1ccc(-c2ccnc(O[C@@H]3CCN(c4cn[nH]c(=O)c4Cl)C3)c2)c(F)c1. The molecule has 3 heterocycles. The van der Waals surface area contributed by atoms with Crippen molar-refractivity contribution in [2.24, 2.45) is 0 Å². The van der Waals surface area contributed by atoms with Crippen LogP contribution in [-0.4, -0.2) is 40.3 Å². The lowest BCUT2D eigenvalue weighted by atomic mass is 10.1. The number of amides is 1. The summed E-state index contributed by atoms with van der Waals surface area (Å²) < 4.78 is 20.6. The van der Waals surface area contributed by atoms with E-state index in [0.717, 1.165) is 0 Å². The average molecular weight is 444 g/mol. The van der Waals surface area contributed by atoms with Crippen LogP contribution >= 0.6 is 11.6 Å². The Labute approximate surface area is 182 Å². The van der Waals surface area contributed by atoms with E-state index >= 15 is 0 Å². The molecule has 1 saturated heterocycles. The second-order valence-corrected chi connectivity index (χ2v) is 7.51. The fourth-order valence-electron chi connectivity index (χ4n) is 3.48. The molecule has 31 heavy (non-hydrogen) atoms. The van der Waals surface area contributed by atoms with E-state index < -0.39 is 11.4 Å². The summed E-state index contributed by atoms with van der Waals surface area (Å²) in [6, 6.07) is 7.85. The molecule has 1 fully saturated rings. The third kappa shape index (κ3) is 4.66. The molecule has 3 aromatic rings. The smallest absolute Gasteiger partial charge is 0.285 e. The van der Waals surface area contributed by atoms with Gasteiger partial charge in [-0.05, 0) is 29.8 Å². The Balaban J connectivity index is 1.48. The van der Waals surface area contributed by atoms with Crippen LogP contribution < -0.4 is 20.5 Å². The summed E-state index contributed by atoms with van der Waals surface area (Å²) in [5, 5.41) is 8.74. The molecule has 0 unspecified atom stereocenters. The van der Waals surface area contributed by atoms with Crippen LogP contribution in [0.15, 0.2) is 47.5 Å². The maximum Gasteiger partial charge on any atom is 0.285 e. The van der Waals surface area contributed by atoms with E-state index in [-0.39, 0.29) is 17.0 Å². The van der Waals surface area contributed by atoms with E-state index in [1.807, 2.05) is 4.90 Å². The van der Waals surface area contributed by atoms with Gasteiger partial charge in [0.1, 0.15) is 16.9 Å². The van der Waals surface area contributed by atoms with Gasteiger partial charge in [-0.25, -0.2) is 14.5 Å². The average Bonchev–Trinajstić information content (AvgIpc) is 3.18. The van der Waals surface area contributed by atoms with E-state index in [2.05, 4.69) is 20.5 Å². The highest BCUT2D eigenvalue weighted by atomic mass is 35.5. The first-order valence-corrected chi connectivity index (χ1v) is 9.97. The Kier molecular flexibility index (Phi) is 5.85. The Morgan fingerprint density at radius 2 is 2.19 bits per heavy atom. The molecule has 0 aliphatic carbocycles. The van der Waals surface area contributed by atoms with Gasteiger partial charge in [-0.2, -0.15) is 5.10 Å². The molecule has 1 aromatic carbocycles. The van der Waals surface area contributed by atoms with Gasteiger partial charge in [0, 0.05) is 43.4 Å². The molecule has 0 saturated carbocycles. The number of nitrogens with one attached hydrogen (secondary N) is 2. The Bertz CT molecular complexity index is 1190. The minimum atomic E-state index is -0.466.